The maximum atomic E-state index is 12.3. The quantitative estimate of drug-likeness (QED) is 0.865. The van der Waals surface area contributed by atoms with E-state index in [0.717, 1.165) is 6.26 Å². The van der Waals surface area contributed by atoms with Crippen LogP contribution < -0.4 is 19.5 Å². The van der Waals surface area contributed by atoms with E-state index in [2.05, 4.69) is 10.0 Å². The highest BCUT2D eigenvalue weighted by Crippen LogP contribution is 2.34. The second-order valence-corrected chi connectivity index (χ2v) is 7.78. The number of carbonyl (C=O) groups excluding carboxylic acids is 1. The van der Waals surface area contributed by atoms with Gasteiger partial charge in [-0.3, -0.25) is 4.79 Å². The summed E-state index contributed by atoms with van der Waals surface area (Å²) in [5, 5.41) is 2.89. The number of hydrogen-bond donors (Lipinski definition) is 2. The van der Waals surface area contributed by atoms with Gasteiger partial charge < -0.3 is 14.8 Å². The Bertz CT molecular complexity index is 696. The number of fused-ring (bicyclic) bond motifs is 1. The van der Waals surface area contributed by atoms with Crippen LogP contribution in [0.15, 0.2) is 18.2 Å². The molecule has 1 aliphatic heterocycles. The van der Waals surface area contributed by atoms with E-state index >= 15 is 0 Å². The van der Waals surface area contributed by atoms with E-state index in [1.807, 2.05) is 0 Å². The first-order chi connectivity index (χ1) is 10.9. The van der Waals surface area contributed by atoms with Gasteiger partial charge in [0.1, 0.15) is 0 Å². The first-order valence-corrected chi connectivity index (χ1v) is 9.48. The molecular formula is C15H20N2O5S. The number of amides is 1. The van der Waals surface area contributed by atoms with Gasteiger partial charge in [-0.2, -0.15) is 0 Å². The van der Waals surface area contributed by atoms with E-state index in [4.69, 9.17) is 9.47 Å². The molecule has 7 nitrogen and oxygen atoms in total. The monoisotopic (exact) mass is 340 g/mol. The number of benzene rings is 1. The number of nitrogens with one attached hydrogen (secondary N) is 2. The van der Waals surface area contributed by atoms with Gasteiger partial charge in [0.2, 0.25) is 22.7 Å². The first kappa shape index (κ1) is 16.1. The second-order valence-electron chi connectivity index (χ2n) is 6.00. The lowest BCUT2D eigenvalue weighted by atomic mass is 9.86. The van der Waals surface area contributed by atoms with Crippen molar-refractivity contribution in [3.63, 3.8) is 0 Å². The van der Waals surface area contributed by atoms with Gasteiger partial charge in [0.05, 0.1) is 6.26 Å². The summed E-state index contributed by atoms with van der Waals surface area (Å²) in [6.07, 6.45) is 3.84. The number of sulfonamides is 1. The van der Waals surface area contributed by atoms with E-state index in [0.29, 0.717) is 42.9 Å². The summed E-state index contributed by atoms with van der Waals surface area (Å²) in [6.45, 7) is 0.198. The lowest BCUT2D eigenvalue weighted by Gasteiger charge is -2.27. The third-order valence-electron chi connectivity index (χ3n) is 4.12. The first-order valence-electron chi connectivity index (χ1n) is 7.58. The Kier molecular flexibility index (Phi) is 4.45. The van der Waals surface area contributed by atoms with E-state index in [1.165, 1.54) is 0 Å². The molecule has 1 heterocycles. The number of ether oxygens (including phenoxy) is 2. The summed E-state index contributed by atoms with van der Waals surface area (Å²) in [4.78, 5) is 12.3. The molecule has 8 heteroatoms. The molecule has 0 unspecified atom stereocenters. The van der Waals surface area contributed by atoms with Crippen molar-refractivity contribution in [2.24, 2.45) is 5.92 Å². The SMILES string of the molecule is CS(=O)(=O)NC1CCC(C(=O)Nc2ccc3c(c2)OCO3)CC1. The maximum absolute atomic E-state index is 12.3. The van der Waals surface area contributed by atoms with Crippen molar-refractivity contribution in [1.82, 2.24) is 4.72 Å². The molecule has 0 saturated heterocycles. The van der Waals surface area contributed by atoms with Gasteiger partial charge in [-0.05, 0) is 37.8 Å². The van der Waals surface area contributed by atoms with E-state index < -0.39 is 10.0 Å². The van der Waals surface area contributed by atoms with Crippen molar-refractivity contribution in [3.8, 4) is 11.5 Å². The zero-order valence-electron chi connectivity index (χ0n) is 12.9. The zero-order chi connectivity index (χ0) is 16.4. The van der Waals surface area contributed by atoms with Crippen LogP contribution in [0.5, 0.6) is 11.5 Å². The van der Waals surface area contributed by atoms with Crippen LogP contribution in [0.4, 0.5) is 5.69 Å². The molecule has 2 N–H and O–H groups in total. The molecule has 0 aromatic heterocycles. The second kappa shape index (κ2) is 6.37. The van der Waals surface area contributed by atoms with Crippen molar-refractivity contribution < 1.29 is 22.7 Å². The maximum Gasteiger partial charge on any atom is 0.231 e. The molecule has 0 radical (unpaired) electrons. The highest BCUT2D eigenvalue weighted by atomic mass is 32.2. The topological polar surface area (TPSA) is 93.7 Å². The molecular weight excluding hydrogens is 320 g/mol. The summed E-state index contributed by atoms with van der Waals surface area (Å²) < 4.78 is 35.6. The standard InChI is InChI=1S/C15H20N2O5S/c1-23(19,20)17-11-4-2-10(3-5-11)15(18)16-12-6-7-13-14(8-12)22-9-21-13/h6-8,10-11,17H,2-5,9H2,1H3,(H,16,18). The van der Waals surface area contributed by atoms with Gasteiger partial charge in [-0.15, -0.1) is 0 Å². The molecule has 1 fully saturated rings. The molecule has 23 heavy (non-hydrogen) atoms. The van der Waals surface area contributed by atoms with E-state index in [-0.39, 0.29) is 24.7 Å². The highest BCUT2D eigenvalue weighted by Gasteiger charge is 2.28. The fourth-order valence-corrected chi connectivity index (χ4v) is 3.84. The Hall–Kier alpha value is -1.80. The lowest BCUT2D eigenvalue weighted by molar-refractivity contribution is -0.120. The van der Waals surface area contributed by atoms with Crippen molar-refractivity contribution in [3.05, 3.63) is 18.2 Å². The van der Waals surface area contributed by atoms with Crippen LogP contribution in [-0.2, 0) is 14.8 Å². The molecule has 1 amide bonds. The Morgan fingerprint density at radius 3 is 2.52 bits per heavy atom. The van der Waals surface area contributed by atoms with Crippen LogP contribution in [0.2, 0.25) is 0 Å². The smallest absolute Gasteiger partial charge is 0.231 e. The fourth-order valence-electron chi connectivity index (χ4n) is 2.99. The summed E-state index contributed by atoms with van der Waals surface area (Å²) in [5.41, 5.74) is 0.677. The van der Waals surface area contributed by atoms with E-state index in [9.17, 15) is 13.2 Å². The van der Waals surface area contributed by atoms with Crippen molar-refractivity contribution in [2.45, 2.75) is 31.7 Å². The van der Waals surface area contributed by atoms with Crippen LogP contribution in [0.25, 0.3) is 0 Å². The van der Waals surface area contributed by atoms with E-state index in [1.54, 1.807) is 18.2 Å². The lowest BCUT2D eigenvalue weighted by Crippen LogP contribution is -2.39. The Morgan fingerprint density at radius 2 is 1.83 bits per heavy atom. The minimum absolute atomic E-state index is 0.0401. The zero-order valence-corrected chi connectivity index (χ0v) is 13.7. The largest absolute Gasteiger partial charge is 0.454 e. The third kappa shape index (κ3) is 4.14. The van der Waals surface area contributed by atoms with Gasteiger partial charge in [0.15, 0.2) is 11.5 Å². The number of carbonyl (C=O) groups is 1. The number of anilines is 1. The summed E-state index contributed by atoms with van der Waals surface area (Å²) >= 11 is 0. The molecule has 1 aromatic rings. The van der Waals surface area contributed by atoms with Crippen molar-refractivity contribution >= 4 is 21.6 Å². The van der Waals surface area contributed by atoms with Crippen LogP contribution in [0.1, 0.15) is 25.7 Å². The fraction of sp³-hybridized carbons (Fsp3) is 0.533. The minimum atomic E-state index is -3.19. The molecule has 0 atom stereocenters. The van der Waals surface area contributed by atoms with Gasteiger partial charge >= 0.3 is 0 Å². The van der Waals surface area contributed by atoms with Crippen LogP contribution in [-0.4, -0.2) is 33.4 Å². The Labute approximate surface area is 135 Å². The molecule has 3 rings (SSSR count). The normalized spacial score (nSPS) is 23.5. The van der Waals surface area contributed by atoms with Gasteiger partial charge in [-0.25, -0.2) is 13.1 Å². The molecule has 1 aliphatic carbocycles. The van der Waals surface area contributed by atoms with Crippen molar-refractivity contribution in [1.29, 1.82) is 0 Å². The summed E-state index contributed by atoms with van der Waals surface area (Å²) in [5.74, 6) is 1.17. The number of rotatable bonds is 4. The van der Waals surface area contributed by atoms with Gasteiger partial charge in [0.25, 0.3) is 0 Å². The third-order valence-corrected chi connectivity index (χ3v) is 4.88. The van der Waals surface area contributed by atoms with Crippen molar-refractivity contribution in [2.75, 3.05) is 18.4 Å². The highest BCUT2D eigenvalue weighted by molar-refractivity contribution is 7.88. The molecule has 0 bridgehead atoms. The molecule has 1 aromatic carbocycles. The molecule has 1 saturated carbocycles. The molecule has 126 valence electrons. The average Bonchev–Trinajstić information content (AvgIpc) is 2.94. The molecule has 2 aliphatic rings. The summed E-state index contributed by atoms with van der Waals surface area (Å²) in [6, 6.07) is 5.23. The predicted octanol–water partition coefficient (Wildman–Crippen LogP) is 1.46. The Balaban J connectivity index is 1.54. The van der Waals surface area contributed by atoms with Crippen LogP contribution in [0.3, 0.4) is 0 Å². The Morgan fingerprint density at radius 1 is 1.13 bits per heavy atom. The predicted molar refractivity (Wildman–Crippen MR) is 84.9 cm³/mol. The summed E-state index contributed by atoms with van der Waals surface area (Å²) in [7, 11) is -3.19. The average molecular weight is 340 g/mol. The number of hydrogen-bond acceptors (Lipinski definition) is 5. The minimum Gasteiger partial charge on any atom is -0.454 e. The van der Waals surface area contributed by atoms with Crippen LogP contribution >= 0.6 is 0 Å². The van der Waals surface area contributed by atoms with Crippen LogP contribution in [0, 0.1) is 5.92 Å². The van der Waals surface area contributed by atoms with Gasteiger partial charge in [-0.1, -0.05) is 0 Å². The molecule has 0 spiro atoms. The van der Waals surface area contributed by atoms with Gasteiger partial charge in [0, 0.05) is 23.7 Å².